The number of ether oxygens (including phenoxy) is 1. The molecule has 1 N–H and O–H groups in total. The van der Waals surface area contributed by atoms with E-state index in [1.54, 1.807) is 0 Å². The quantitative estimate of drug-likeness (QED) is 0.123. The lowest BCUT2D eigenvalue weighted by Gasteiger charge is -2.35. The molecular weight excluding hydrogens is 1160 g/mol. The molecular formula is C83H70N8O3. The fourth-order valence-electron chi connectivity index (χ4n) is 13.8. The fourth-order valence-corrected chi connectivity index (χ4v) is 13.8. The van der Waals surface area contributed by atoms with Crippen molar-refractivity contribution in [2.45, 2.75) is 27.7 Å². The van der Waals surface area contributed by atoms with Gasteiger partial charge in [0.05, 0.1) is 45.6 Å². The Hall–Kier alpha value is -11.4. The van der Waals surface area contributed by atoms with Crippen LogP contribution in [0.2, 0.25) is 0 Å². The first-order valence-corrected chi connectivity index (χ1v) is 32.7. The highest BCUT2D eigenvalue weighted by molar-refractivity contribution is 6.39. The molecule has 0 aromatic heterocycles. The normalized spacial score (nSPS) is 16.5. The minimum Gasteiger partial charge on any atom is -0.494 e. The Bertz CT molecular complexity index is 4810. The summed E-state index contributed by atoms with van der Waals surface area (Å²) in [4.78, 5) is 44.7. The number of nitrogens with zero attached hydrogens (tertiary/aromatic N) is 8. The molecule has 8 aromatic rings. The van der Waals surface area contributed by atoms with Crippen molar-refractivity contribution in [2.75, 3.05) is 62.2 Å². The number of hydrogen-bond acceptors (Lipinski definition) is 10. The van der Waals surface area contributed by atoms with E-state index in [1.165, 1.54) is 0 Å². The van der Waals surface area contributed by atoms with E-state index in [9.17, 15) is 9.90 Å². The predicted octanol–water partition coefficient (Wildman–Crippen LogP) is 15.5. The van der Waals surface area contributed by atoms with E-state index in [1.807, 2.05) is 70.5 Å². The summed E-state index contributed by atoms with van der Waals surface area (Å²) in [5.74, 6) is 1.72. The van der Waals surface area contributed by atoms with Gasteiger partial charge in [-0.3, -0.25) is 4.79 Å². The number of aliphatic imine (C=N–C) groups is 4. The first-order valence-electron chi connectivity index (χ1n) is 32.7. The van der Waals surface area contributed by atoms with Gasteiger partial charge in [0.1, 0.15) is 11.5 Å². The monoisotopic (exact) mass is 1230 g/mol. The van der Waals surface area contributed by atoms with Crippen molar-refractivity contribution >= 4 is 73.9 Å². The third-order valence-corrected chi connectivity index (χ3v) is 18.7. The van der Waals surface area contributed by atoms with E-state index in [0.717, 1.165) is 177 Å². The maximum absolute atomic E-state index is 14.3. The summed E-state index contributed by atoms with van der Waals surface area (Å²) in [5.41, 5.74) is 21.9. The third-order valence-electron chi connectivity index (χ3n) is 18.7. The summed E-state index contributed by atoms with van der Waals surface area (Å²) in [5, 5.41) is 14.0. The van der Waals surface area contributed by atoms with Gasteiger partial charge < -0.3 is 29.4 Å². The standard InChI is InChI=1S/C83H70N8O3/c1-5-88(6-2)61-36-38-65-75(52-61)94-76-53-62(89(7-3)8-4)37-39-66(76)81(65)63-26-18-19-27-64(63)83(93)91-50-48-90(49-51-91)82(92)60-34-30-55(31-35-60)54-28-32-59(33-29-54)80-73-46-44-71(86-73)78(57-22-14-10-15-23-57)69-42-40-67(84-69)77(56-20-12-9-13-21-56)68-41-43-70(85-68)79(58-24-16-11-17-25-58)72-45-47-74(80)87-72/h9-47,52-53,93H,5-8,48-51H2,1-4H3. The Morgan fingerprint density at radius 1 is 0.394 bits per heavy atom. The molecule has 7 aliphatic rings. The summed E-state index contributed by atoms with van der Waals surface area (Å²) in [6.07, 6.45) is 16.8. The van der Waals surface area contributed by atoms with E-state index in [4.69, 9.17) is 24.7 Å². The number of carbonyl (C=O) groups is 1. The van der Waals surface area contributed by atoms with Crippen LogP contribution in [0.5, 0.6) is 11.5 Å². The summed E-state index contributed by atoms with van der Waals surface area (Å²) in [7, 11) is 0. The second kappa shape index (κ2) is 25.3. The molecule has 1 saturated heterocycles. The van der Waals surface area contributed by atoms with Crippen molar-refractivity contribution in [3.8, 4) is 22.6 Å². The predicted molar refractivity (Wildman–Crippen MR) is 386 cm³/mol. The van der Waals surface area contributed by atoms with Crippen LogP contribution in [0.1, 0.15) is 71.4 Å². The molecule has 8 bridgehead atoms. The van der Waals surface area contributed by atoms with Gasteiger partial charge >= 0.3 is 0 Å². The molecule has 0 spiro atoms. The van der Waals surface area contributed by atoms with Crippen LogP contribution in [-0.4, -0.2) is 96.0 Å². The Labute approximate surface area is 548 Å². The molecule has 11 nitrogen and oxygen atoms in total. The van der Waals surface area contributed by atoms with Gasteiger partial charge in [-0.15, -0.1) is 0 Å². The summed E-state index contributed by atoms with van der Waals surface area (Å²) >= 11 is 0. The smallest absolute Gasteiger partial charge is 0.253 e. The van der Waals surface area contributed by atoms with Crippen molar-refractivity contribution in [3.05, 3.63) is 321 Å². The van der Waals surface area contributed by atoms with E-state index in [0.29, 0.717) is 31.7 Å². The van der Waals surface area contributed by atoms with Gasteiger partial charge in [0, 0.05) is 126 Å². The van der Waals surface area contributed by atoms with E-state index in [2.05, 4.69) is 226 Å². The average molecular weight is 1230 g/mol. The third kappa shape index (κ3) is 11.0. The molecule has 1 amide bonds. The van der Waals surface area contributed by atoms with Gasteiger partial charge in [0.15, 0.2) is 5.88 Å². The summed E-state index contributed by atoms with van der Waals surface area (Å²) < 4.78 is 6.81. The van der Waals surface area contributed by atoms with Gasteiger partial charge in [0.25, 0.3) is 5.91 Å². The Kier molecular flexibility index (Phi) is 15.9. The molecule has 94 heavy (non-hydrogen) atoms. The maximum Gasteiger partial charge on any atom is 0.253 e. The number of fused-ring (bicyclic) bond motifs is 6. The van der Waals surface area contributed by atoms with Gasteiger partial charge in [-0.1, -0.05) is 146 Å². The largest absolute Gasteiger partial charge is 0.494 e. The minimum absolute atomic E-state index is 0.0417. The van der Waals surface area contributed by atoms with Gasteiger partial charge in [-0.25, -0.2) is 20.0 Å². The molecule has 7 aliphatic heterocycles. The lowest BCUT2D eigenvalue weighted by molar-refractivity contribution is 0.0664. The minimum atomic E-state index is -0.0417. The lowest BCUT2D eigenvalue weighted by atomic mass is 9.90. The second-order valence-corrected chi connectivity index (χ2v) is 23.9. The van der Waals surface area contributed by atoms with Crippen LogP contribution in [0.4, 0.5) is 11.4 Å². The fraction of sp³-hybridized carbons (Fsp3) is 0.145. The van der Waals surface area contributed by atoms with E-state index in [-0.39, 0.29) is 11.8 Å². The average Bonchev–Trinajstić information content (AvgIpc) is 1.04. The molecule has 0 saturated carbocycles. The van der Waals surface area contributed by atoms with Crippen molar-refractivity contribution < 1.29 is 14.6 Å². The number of aliphatic hydroxyl groups is 1. The zero-order valence-electron chi connectivity index (χ0n) is 53.2. The van der Waals surface area contributed by atoms with E-state index >= 15 is 0 Å². The molecule has 0 unspecified atom stereocenters. The number of hydrogen-bond donors (Lipinski definition) is 1. The number of benzene rings is 8. The molecule has 15 rings (SSSR count). The number of amides is 1. The molecule has 0 aliphatic carbocycles. The van der Waals surface area contributed by atoms with Gasteiger partial charge in [-0.2, -0.15) is 0 Å². The SMILES string of the molecule is CCN(CC)c1ccc2c(c1)Oc1cc(N(CC)CC)ccc1C2=c1ccccc1=C(O)N1CCN(C(=O)c2ccc(-c3ccc(C4=C5C=CC(=N5)C(c5ccccc5)=C5C=CC(=N5)C(c5ccccc5)=C5C=CC(=N5)C(c5ccccc5)=C5C=CC4=N5)cc3)cc2)CC1. The molecule has 8 aromatic carbocycles. The van der Waals surface area contributed by atoms with Crippen LogP contribution in [0.3, 0.4) is 0 Å². The Morgan fingerprint density at radius 3 is 1.15 bits per heavy atom. The number of rotatable bonds is 13. The number of aliphatic hydroxyl groups excluding tert-OH is 1. The molecule has 0 atom stereocenters. The first kappa shape index (κ1) is 58.9. The van der Waals surface area contributed by atoms with Crippen LogP contribution in [0.25, 0.3) is 44.9 Å². The summed E-state index contributed by atoms with van der Waals surface area (Å²) in [6.45, 7) is 14.0. The molecule has 7 heterocycles. The van der Waals surface area contributed by atoms with Crippen molar-refractivity contribution in [2.24, 2.45) is 20.0 Å². The van der Waals surface area contributed by atoms with Crippen LogP contribution in [0, 0.1) is 0 Å². The van der Waals surface area contributed by atoms with E-state index < -0.39 is 0 Å². The lowest BCUT2D eigenvalue weighted by Crippen LogP contribution is -2.49. The second-order valence-electron chi connectivity index (χ2n) is 23.9. The topological polar surface area (TPSA) is 109 Å². The molecule has 0 radical (unpaired) electrons. The first-order chi connectivity index (χ1) is 46.2. The maximum atomic E-state index is 14.3. The zero-order chi connectivity index (χ0) is 63.8. The van der Waals surface area contributed by atoms with Gasteiger partial charge in [0.2, 0.25) is 0 Å². The number of piperazine rings is 1. The molecule has 460 valence electrons. The zero-order valence-corrected chi connectivity index (χ0v) is 53.2. The summed E-state index contributed by atoms with van der Waals surface area (Å²) in [6, 6.07) is 68.6. The van der Waals surface area contributed by atoms with Crippen molar-refractivity contribution in [1.29, 1.82) is 0 Å². The number of allylic oxidation sites excluding steroid dienone is 12. The van der Waals surface area contributed by atoms with Gasteiger partial charge in [-0.05, 0) is 157 Å². The Morgan fingerprint density at radius 2 is 0.745 bits per heavy atom. The highest BCUT2D eigenvalue weighted by Gasteiger charge is 2.31. The van der Waals surface area contributed by atoms with Crippen molar-refractivity contribution in [1.82, 2.24) is 9.80 Å². The molecule has 11 heteroatoms. The highest BCUT2D eigenvalue weighted by atomic mass is 16.5. The highest BCUT2D eigenvalue weighted by Crippen LogP contribution is 2.46. The number of carbonyl (C=O) groups excluding carboxylic acids is 1. The molecule has 1 fully saturated rings. The van der Waals surface area contributed by atoms with Crippen LogP contribution < -0.4 is 25.0 Å². The van der Waals surface area contributed by atoms with Crippen LogP contribution in [0.15, 0.2) is 292 Å². The van der Waals surface area contributed by atoms with Crippen LogP contribution in [-0.2, 0) is 0 Å². The Balaban J connectivity index is 0.723. The number of anilines is 2. The van der Waals surface area contributed by atoms with Crippen molar-refractivity contribution in [3.63, 3.8) is 0 Å². The van der Waals surface area contributed by atoms with Crippen LogP contribution >= 0.6 is 0 Å².